The molecule has 1 aliphatic carbocycles. The summed E-state index contributed by atoms with van der Waals surface area (Å²) in [5, 5.41) is 3.13. The van der Waals surface area contributed by atoms with Crippen LogP contribution in [-0.4, -0.2) is 13.1 Å². The van der Waals surface area contributed by atoms with Crippen LogP contribution in [0.2, 0.25) is 0 Å². The van der Waals surface area contributed by atoms with Gasteiger partial charge >= 0.3 is 6.18 Å². The molecule has 1 aromatic rings. The molecule has 0 radical (unpaired) electrons. The third kappa shape index (κ3) is 2.51. The second-order valence-electron chi connectivity index (χ2n) is 4.67. The summed E-state index contributed by atoms with van der Waals surface area (Å²) in [6.45, 7) is 0. The number of benzene rings is 1. The highest BCUT2D eigenvalue weighted by molar-refractivity contribution is 5.30. The van der Waals surface area contributed by atoms with E-state index in [0.717, 1.165) is 31.4 Å². The minimum Gasteiger partial charge on any atom is -0.316 e. The Morgan fingerprint density at radius 1 is 1.22 bits per heavy atom. The van der Waals surface area contributed by atoms with Crippen molar-refractivity contribution in [2.24, 2.45) is 0 Å². The fraction of sp³-hybridized carbons (Fsp3) is 0.538. The molecular weight excluding hydrogens is 246 g/mol. The highest BCUT2D eigenvalue weighted by atomic mass is 19.4. The second kappa shape index (κ2) is 4.88. The molecule has 1 fully saturated rings. The standard InChI is InChI=1S/C13H15F4N/c1-18-12-4-2-3-9(12)8-5-6-10(11(14)7-8)13(15,16)17/h5-7,9,12,18H,2-4H2,1H3. The van der Waals surface area contributed by atoms with Crippen molar-refractivity contribution in [3.05, 3.63) is 35.1 Å². The summed E-state index contributed by atoms with van der Waals surface area (Å²) in [6.07, 6.45) is -1.75. The molecule has 5 heteroatoms. The van der Waals surface area contributed by atoms with E-state index in [0.29, 0.717) is 5.56 Å². The lowest BCUT2D eigenvalue weighted by atomic mass is 9.93. The summed E-state index contributed by atoms with van der Waals surface area (Å²) in [5.74, 6) is -1.08. The number of alkyl halides is 3. The molecule has 0 heterocycles. The summed E-state index contributed by atoms with van der Waals surface area (Å²) < 4.78 is 50.8. The SMILES string of the molecule is CNC1CCCC1c1ccc(C(F)(F)F)c(F)c1. The summed E-state index contributed by atoms with van der Waals surface area (Å²) in [7, 11) is 1.82. The Kier molecular flexibility index (Phi) is 3.61. The molecule has 2 unspecified atom stereocenters. The van der Waals surface area contributed by atoms with Gasteiger partial charge < -0.3 is 5.32 Å². The number of halogens is 4. The third-order valence-electron chi connectivity index (χ3n) is 3.61. The molecule has 100 valence electrons. The molecular formula is C13H15F4N. The number of hydrogen-bond donors (Lipinski definition) is 1. The van der Waals surface area contributed by atoms with Crippen LogP contribution >= 0.6 is 0 Å². The molecule has 0 saturated heterocycles. The molecule has 1 aromatic carbocycles. The van der Waals surface area contributed by atoms with Crippen LogP contribution in [0.25, 0.3) is 0 Å². The van der Waals surface area contributed by atoms with Gasteiger partial charge in [0.25, 0.3) is 0 Å². The maximum atomic E-state index is 13.5. The lowest BCUT2D eigenvalue weighted by Gasteiger charge is -2.20. The van der Waals surface area contributed by atoms with Crippen molar-refractivity contribution in [3.63, 3.8) is 0 Å². The van der Waals surface area contributed by atoms with Gasteiger partial charge in [-0.2, -0.15) is 13.2 Å². The highest BCUT2D eigenvalue weighted by Crippen LogP contribution is 2.37. The Balaban J connectivity index is 2.29. The molecule has 0 aromatic heterocycles. The third-order valence-corrected chi connectivity index (χ3v) is 3.61. The predicted molar refractivity (Wildman–Crippen MR) is 60.8 cm³/mol. The molecule has 0 spiro atoms. The van der Waals surface area contributed by atoms with E-state index in [1.165, 1.54) is 6.07 Å². The monoisotopic (exact) mass is 261 g/mol. The van der Waals surface area contributed by atoms with Gasteiger partial charge in [-0.3, -0.25) is 0 Å². The number of nitrogens with one attached hydrogen (secondary N) is 1. The van der Waals surface area contributed by atoms with Crippen LogP contribution in [0.3, 0.4) is 0 Å². The average Bonchev–Trinajstić information content (AvgIpc) is 2.74. The molecule has 0 amide bonds. The summed E-state index contributed by atoms with van der Waals surface area (Å²) in [6, 6.07) is 3.49. The van der Waals surface area contributed by atoms with Crippen LogP contribution < -0.4 is 5.32 Å². The average molecular weight is 261 g/mol. The van der Waals surface area contributed by atoms with Crippen molar-refractivity contribution >= 4 is 0 Å². The lowest BCUT2D eigenvalue weighted by Crippen LogP contribution is -2.27. The zero-order valence-corrected chi connectivity index (χ0v) is 10.0. The lowest BCUT2D eigenvalue weighted by molar-refractivity contribution is -0.140. The van der Waals surface area contributed by atoms with Gasteiger partial charge in [0.1, 0.15) is 5.82 Å². The normalized spacial score (nSPS) is 24.5. The zero-order chi connectivity index (χ0) is 13.3. The van der Waals surface area contributed by atoms with E-state index in [9.17, 15) is 17.6 Å². The Hall–Kier alpha value is -1.10. The van der Waals surface area contributed by atoms with Crippen LogP contribution in [0.4, 0.5) is 17.6 Å². The Morgan fingerprint density at radius 2 is 1.94 bits per heavy atom. The van der Waals surface area contributed by atoms with Crippen molar-refractivity contribution in [1.29, 1.82) is 0 Å². The number of hydrogen-bond acceptors (Lipinski definition) is 1. The van der Waals surface area contributed by atoms with E-state index in [4.69, 9.17) is 0 Å². The van der Waals surface area contributed by atoms with Crippen LogP contribution in [0.1, 0.15) is 36.3 Å². The molecule has 1 nitrogen and oxygen atoms in total. The van der Waals surface area contributed by atoms with Crippen molar-refractivity contribution < 1.29 is 17.6 Å². The predicted octanol–water partition coefficient (Wildman–Crippen LogP) is 3.70. The van der Waals surface area contributed by atoms with E-state index in [1.807, 2.05) is 7.05 Å². The van der Waals surface area contributed by atoms with Crippen molar-refractivity contribution in [1.82, 2.24) is 5.32 Å². The maximum absolute atomic E-state index is 13.5. The largest absolute Gasteiger partial charge is 0.419 e. The van der Waals surface area contributed by atoms with E-state index in [1.54, 1.807) is 0 Å². The first-order valence-corrected chi connectivity index (χ1v) is 5.97. The van der Waals surface area contributed by atoms with E-state index in [2.05, 4.69) is 5.32 Å². The van der Waals surface area contributed by atoms with Gasteiger partial charge in [0.2, 0.25) is 0 Å². The molecule has 18 heavy (non-hydrogen) atoms. The summed E-state index contributed by atoms with van der Waals surface area (Å²) >= 11 is 0. The minimum atomic E-state index is -4.62. The van der Waals surface area contributed by atoms with E-state index in [-0.39, 0.29) is 12.0 Å². The number of likely N-dealkylation sites (N-methyl/N-ethyl adjacent to an activating group) is 1. The van der Waals surface area contributed by atoms with Gasteiger partial charge in [-0.1, -0.05) is 12.5 Å². The Morgan fingerprint density at radius 3 is 2.50 bits per heavy atom. The van der Waals surface area contributed by atoms with Crippen LogP contribution in [0, 0.1) is 5.82 Å². The molecule has 2 atom stereocenters. The quantitative estimate of drug-likeness (QED) is 0.800. The molecule has 1 N–H and O–H groups in total. The van der Waals surface area contributed by atoms with Gasteiger partial charge in [0.15, 0.2) is 0 Å². The first-order chi connectivity index (χ1) is 8.43. The topological polar surface area (TPSA) is 12.0 Å². The van der Waals surface area contributed by atoms with Crippen LogP contribution in [0.5, 0.6) is 0 Å². The van der Waals surface area contributed by atoms with Crippen molar-refractivity contribution in [2.75, 3.05) is 7.05 Å². The fourth-order valence-electron chi connectivity index (χ4n) is 2.70. The molecule has 2 rings (SSSR count). The van der Waals surface area contributed by atoms with Gasteiger partial charge in [-0.15, -0.1) is 0 Å². The smallest absolute Gasteiger partial charge is 0.316 e. The first kappa shape index (κ1) is 13.3. The molecule has 0 aliphatic heterocycles. The first-order valence-electron chi connectivity index (χ1n) is 5.97. The summed E-state index contributed by atoms with van der Waals surface area (Å²) in [4.78, 5) is 0. The van der Waals surface area contributed by atoms with Gasteiger partial charge in [-0.05, 0) is 43.5 Å². The minimum absolute atomic E-state index is 0.104. The van der Waals surface area contributed by atoms with E-state index >= 15 is 0 Å². The van der Waals surface area contributed by atoms with Crippen LogP contribution in [-0.2, 0) is 6.18 Å². The molecule has 1 aliphatic rings. The van der Waals surface area contributed by atoms with Gasteiger partial charge in [0.05, 0.1) is 5.56 Å². The number of rotatable bonds is 2. The van der Waals surface area contributed by atoms with Gasteiger partial charge in [0, 0.05) is 6.04 Å². The molecule has 0 bridgehead atoms. The van der Waals surface area contributed by atoms with Gasteiger partial charge in [-0.25, -0.2) is 4.39 Å². The Labute approximate surface area is 103 Å². The maximum Gasteiger partial charge on any atom is 0.419 e. The second-order valence-corrected chi connectivity index (χ2v) is 4.67. The zero-order valence-electron chi connectivity index (χ0n) is 10.0. The summed E-state index contributed by atoms with van der Waals surface area (Å²) in [5.41, 5.74) is -0.539. The fourth-order valence-corrected chi connectivity index (χ4v) is 2.70. The Bertz CT molecular complexity index is 427. The van der Waals surface area contributed by atoms with Crippen LogP contribution in [0.15, 0.2) is 18.2 Å². The van der Waals surface area contributed by atoms with Crippen molar-refractivity contribution in [3.8, 4) is 0 Å². The van der Waals surface area contributed by atoms with E-state index < -0.39 is 17.6 Å². The highest BCUT2D eigenvalue weighted by Gasteiger charge is 2.35. The van der Waals surface area contributed by atoms with Crippen molar-refractivity contribution in [2.45, 2.75) is 37.4 Å². The molecule has 1 saturated carbocycles.